The van der Waals surface area contributed by atoms with E-state index >= 15 is 0 Å². The van der Waals surface area contributed by atoms with E-state index in [2.05, 4.69) is 365 Å². The predicted molar refractivity (Wildman–Crippen MR) is 461 cm³/mol. The molecule has 6 unspecified atom stereocenters. The molecule has 6 nitrogen and oxygen atoms in total. The fourth-order valence-electron chi connectivity index (χ4n) is 18.7. The Morgan fingerprint density at radius 1 is 0.357 bits per heavy atom. The lowest BCUT2D eigenvalue weighted by Gasteiger charge is -2.40. The zero-order chi connectivity index (χ0) is 75.5. The van der Waals surface area contributed by atoms with Crippen molar-refractivity contribution >= 4 is 28.4 Å². The van der Waals surface area contributed by atoms with Gasteiger partial charge in [-0.3, -0.25) is 0 Å². The zero-order valence-electron chi connectivity index (χ0n) is 64.9. The van der Waals surface area contributed by atoms with Gasteiger partial charge in [-0.15, -0.1) is 0 Å². The minimum atomic E-state index is -0.698. The van der Waals surface area contributed by atoms with Gasteiger partial charge in [-0.05, 0) is 279 Å². The van der Waals surface area contributed by atoms with Crippen LogP contribution in [0, 0.1) is 17.8 Å². The molecule has 0 amide bonds. The third kappa shape index (κ3) is 13.5. The van der Waals surface area contributed by atoms with Gasteiger partial charge in [0, 0.05) is 46.0 Å². The third-order valence-electron chi connectivity index (χ3n) is 25.0. The molecule has 0 radical (unpaired) electrons. The molecule has 0 aliphatic heterocycles. The van der Waals surface area contributed by atoms with Crippen molar-refractivity contribution in [2.75, 3.05) is 23.0 Å². The van der Waals surface area contributed by atoms with Crippen LogP contribution in [0.25, 0.3) is 22.3 Å². The SMILES string of the molecule is CCCCC(CC)COc1ccc(C2(c3ccc(Oc4ccc5c(c4)CC5)cc3)c3ccccc3-c3ccc(N(c4ccccc4)c4ccc(-c5ccc(N(C6=CC7C(C=C6)c6ccccc6C7(c6ccc(OCC(CC)CCCC)cc6)c6ccc(Oc7ccc8c(c7)CC8)cc6)c6ccccc6)cc5)cc4)cc32)cc1. The number of para-hydroxylation sites is 2. The minimum absolute atomic E-state index is 0.00432. The van der Waals surface area contributed by atoms with Gasteiger partial charge in [0.1, 0.15) is 34.5 Å². The van der Waals surface area contributed by atoms with Crippen LogP contribution in [0.3, 0.4) is 0 Å². The number of rotatable bonds is 29. The van der Waals surface area contributed by atoms with Gasteiger partial charge in [-0.1, -0.05) is 254 Å². The summed E-state index contributed by atoms with van der Waals surface area (Å²) >= 11 is 0. The van der Waals surface area contributed by atoms with Crippen LogP contribution in [0.15, 0.2) is 333 Å². The van der Waals surface area contributed by atoms with Crippen molar-refractivity contribution in [3.8, 4) is 56.8 Å². The van der Waals surface area contributed by atoms with E-state index in [0.29, 0.717) is 18.4 Å². The Labute approximate surface area is 662 Å². The summed E-state index contributed by atoms with van der Waals surface area (Å²) in [6.07, 6.45) is 21.3. The summed E-state index contributed by atoms with van der Waals surface area (Å²) in [5, 5.41) is 0. The quantitative estimate of drug-likeness (QED) is 0.0465. The second-order valence-corrected chi connectivity index (χ2v) is 31.5. The van der Waals surface area contributed by atoms with Crippen molar-refractivity contribution in [3.05, 3.63) is 400 Å². The average molecular weight is 1460 g/mol. The molecule has 5 aliphatic rings. The molecule has 5 aliphatic carbocycles. The Bertz CT molecular complexity index is 5540. The molecular weight excluding hydrogens is 1370 g/mol. The van der Waals surface area contributed by atoms with Gasteiger partial charge in [0.25, 0.3) is 0 Å². The van der Waals surface area contributed by atoms with Gasteiger partial charge >= 0.3 is 0 Å². The Morgan fingerprint density at radius 2 is 0.786 bits per heavy atom. The first-order valence-electron chi connectivity index (χ1n) is 41.2. The molecule has 556 valence electrons. The fraction of sp³-hybridized carbons (Fsp3) is 0.226. The highest BCUT2D eigenvalue weighted by Gasteiger charge is 2.54. The number of nitrogens with zero attached hydrogens (tertiary/aromatic N) is 2. The number of fused-ring (bicyclic) bond motifs is 8. The lowest BCUT2D eigenvalue weighted by atomic mass is 9.63. The number of aryl methyl sites for hydroxylation is 4. The molecule has 0 heterocycles. The van der Waals surface area contributed by atoms with Crippen LogP contribution in [0.4, 0.5) is 28.4 Å². The van der Waals surface area contributed by atoms with Crippen LogP contribution in [-0.4, -0.2) is 13.2 Å². The second-order valence-electron chi connectivity index (χ2n) is 31.5. The summed E-state index contributed by atoms with van der Waals surface area (Å²) < 4.78 is 26.5. The van der Waals surface area contributed by atoms with E-state index < -0.39 is 10.8 Å². The maximum Gasteiger partial charge on any atom is 0.127 e. The fourth-order valence-corrected chi connectivity index (χ4v) is 18.7. The molecule has 13 aromatic rings. The smallest absolute Gasteiger partial charge is 0.127 e. The van der Waals surface area contributed by atoms with Crippen LogP contribution in [0.2, 0.25) is 0 Å². The standard InChI is InChI=1S/C106H98N2O4/c1-5-9-21-73(7-3)71-109-91-57-41-81(42-58-91)105(83-45-61-93(62-46-83)111-95-55-39-77-31-33-79(77)67-95)101-29-19-17-27-97(101)99-65-53-89(69-103(99)105)107(85-23-13-11-14-24-85)87-49-35-75(36-50-87)76-37-51-88(52-38-76)108(86-25-15-12-16-26-86)90-54-66-100-98-28-18-20-30-102(98)106(104(100)70-90,82-43-59-92(60-44-82)110-72-74(8-4)22-10-6-2)84-47-63-94(64-48-84)112-96-56-40-78-32-34-80(78)68-96/h11-20,23-30,35-70,73-74,99,103H,5-10,21-22,31-34,71-72H2,1-4H3. The molecule has 0 N–H and O–H groups in total. The highest BCUT2D eigenvalue weighted by molar-refractivity contribution is 5.90. The first-order valence-corrected chi connectivity index (χ1v) is 41.2. The highest BCUT2D eigenvalue weighted by atomic mass is 16.5. The summed E-state index contributed by atoms with van der Waals surface area (Å²) in [5.74, 6) is 6.36. The number of anilines is 5. The van der Waals surface area contributed by atoms with E-state index in [1.54, 1.807) is 0 Å². The maximum atomic E-state index is 6.64. The summed E-state index contributed by atoms with van der Waals surface area (Å²) in [6.45, 7) is 10.6. The molecule has 0 saturated carbocycles. The monoisotopic (exact) mass is 1460 g/mol. The number of hydrogen-bond acceptors (Lipinski definition) is 6. The van der Waals surface area contributed by atoms with Crippen molar-refractivity contribution in [1.29, 1.82) is 0 Å². The molecule has 13 aromatic carbocycles. The molecule has 0 aromatic heterocycles. The summed E-state index contributed by atoms with van der Waals surface area (Å²) in [4.78, 5) is 4.86. The number of benzene rings is 13. The Hall–Kier alpha value is -11.9. The number of allylic oxidation sites excluding steroid dienone is 3. The van der Waals surface area contributed by atoms with Crippen LogP contribution in [-0.2, 0) is 36.5 Å². The van der Waals surface area contributed by atoms with Gasteiger partial charge in [-0.25, -0.2) is 0 Å². The molecule has 6 heteroatoms. The average Bonchev–Trinajstić information content (AvgIpc) is 1.54. The lowest BCUT2D eigenvalue weighted by molar-refractivity contribution is 0.233. The van der Waals surface area contributed by atoms with Gasteiger partial charge in [0.15, 0.2) is 0 Å². The normalized spacial score (nSPS) is 17.7. The van der Waals surface area contributed by atoms with E-state index in [1.165, 1.54) is 111 Å². The molecule has 6 atom stereocenters. The molecule has 112 heavy (non-hydrogen) atoms. The first-order chi connectivity index (χ1) is 55.3. The van der Waals surface area contributed by atoms with E-state index in [1.807, 2.05) is 0 Å². The van der Waals surface area contributed by atoms with Crippen LogP contribution < -0.4 is 28.7 Å². The summed E-state index contributed by atoms with van der Waals surface area (Å²) in [6, 6.07) is 114. The highest BCUT2D eigenvalue weighted by Crippen LogP contribution is 2.62. The first kappa shape index (κ1) is 71.7. The molecular formula is C106H98N2O4. The van der Waals surface area contributed by atoms with Crippen molar-refractivity contribution in [3.63, 3.8) is 0 Å². The van der Waals surface area contributed by atoms with Crippen LogP contribution >= 0.6 is 0 Å². The van der Waals surface area contributed by atoms with Crippen LogP contribution in [0.5, 0.6) is 34.5 Å². The summed E-state index contributed by atoms with van der Waals surface area (Å²) in [7, 11) is 0. The Balaban J connectivity index is 0.685. The maximum absolute atomic E-state index is 6.64. The van der Waals surface area contributed by atoms with Gasteiger partial charge in [-0.2, -0.15) is 0 Å². The molecule has 18 rings (SSSR count). The third-order valence-corrected chi connectivity index (χ3v) is 25.0. The Morgan fingerprint density at radius 3 is 1.29 bits per heavy atom. The van der Waals surface area contributed by atoms with E-state index in [4.69, 9.17) is 18.9 Å². The van der Waals surface area contributed by atoms with Crippen molar-refractivity contribution in [2.45, 2.75) is 121 Å². The van der Waals surface area contributed by atoms with E-state index in [-0.39, 0.29) is 11.8 Å². The van der Waals surface area contributed by atoms with Crippen molar-refractivity contribution < 1.29 is 18.9 Å². The van der Waals surface area contributed by atoms with Gasteiger partial charge in [0.2, 0.25) is 0 Å². The van der Waals surface area contributed by atoms with E-state index in [0.717, 1.165) is 130 Å². The van der Waals surface area contributed by atoms with Crippen molar-refractivity contribution in [2.24, 2.45) is 17.8 Å². The number of hydrogen-bond donors (Lipinski definition) is 0. The Kier molecular flexibility index (Phi) is 20.2. The molecule has 0 saturated heterocycles. The predicted octanol–water partition coefficient (Wildman–Crippen LogP) is 27.5. The number of unbranched alkanes of at least 4 members (excludes halogenated alkanes) is 2. The topological polar surface area (TPSA) is 43.4 Å². The summed E-state index contributed by atoms with van der Waals surface area (Å²) in [5.41, 5.74) is 25.4. The van der Waals surface area contributed by atoms with Crippen molar-refractivity contribution in [1.82, 2.24) is 0 Å². The van der Waals surface area contributed by atoms with E-state index in [9.17, 15) is 0 Å². The zero-order valence-corrected chi connectivity index (χ0v) is 64.9. The number of ether oxygens (including phenoxy) is 4. The van der Waals surface area contributed by atoms with Crippen LogP contribution in [0.1, 0.15) is 152 Å². The van der Waals surface area contributed by atoms with Gasteiger partial charge in [0.05, 0.1) is 24.0 Å². The minimum Gasteiger partial charge on any atom is -0.493 e. The molecule has 0 spiro atoms. The largest absolute Gasteiger partial charge is 0.493 e. The second kappa shape index (κ2) is 31.5. The lowest BCUT2D eigenvalue weighted by Crippen LogP contribution is -2.36. The molecule has 0 bridgehead atoms. The molecule has 0 fully saturated rings. The van der Waals surface area contributed by atoms with Gasteiger partial charge < -0.3 is 28.7 Å².